The van der Waals surface area contributed by atoms with Crippen molar-refractivity contribution in [3.8, 4) is 0 Å². The topological polar surface area (TPSA) is 90.2 Å². The van der Waals surface area contributed by atoms with Gasteiger partial charge in [0.25, 0.3) is 0 Å². The molecule has 0 unspecified atom stereocenters. The Morgan fingerprint density at radius 1 is 0.964 bits per heavy atom. The number of ether oxygens (including phenoxy) is 1. The van der Waals surface area contributed by atoms with E-state index in [4.69, 9.17) is 4.74 Å². The zero-order valence-electron chi connectivity index (χ0n) is 16.9. The quantitative estimate of drug-likeness (QED) is 0.496. The summed E-state index contributed by atoms with van der Waals surface area (Å²) in [6, 6.07) is 8.55. The van der Waals surface area contributed by atoms with E-state index in [0.717, 1.165) is 22.9 Å². The highest BCUT2D eigenvalue weighted by molar-refractivity contribution is 9.12. The van der Waals surface area contributed by atoms with E-state index >= 15 is 0 Å². The Morgan fingerprint density at radius 3 is 2.07 bits per heavy atom. The van der Waals surface area contributed by atoms with Crippen LogP contribution in [0.5, 0.6) is 0 Å². The van der Waals surface area contributed by atoms with Gasteiger partial charge in [0.15, 0.2) is 0 Å². The molecule has 1 aliphatic rings. The molecule has 0 aromatic heterocycles. The number of aliphatic hydroxyl groups excluding tert-OH is 4. The van der Waals surface area contributed by atoms with Crippen molar-refractivity contribution < 1.29 is 25.2 Å². The van der Waals surface area contributed by atoms with Crippen LogP contribution in [0.2, 0.25) is 0 Å². The van der Waals surface area contributed by atoms with Crippen molar-refractivity contribution >= 4 is 15.9 Å². The molecule has 0 saturated carbocycles. The summed E-state index contributed by atoms with van der Waals surface area (Å²) in [6.07, 6.45) is -3.94. The SMILES string of the molecule is CCc1ccc(C/C(C)=C(C)/C(Br)=C(\C)[C@@H]2O[C@H](CO)[C@@H](O)[C@H](O)[C@H]2O)cc1. The fourth-order valence-electron chi connectivity index (χ4n) is 3.40. The Balaban J connectivity index is 2.25. The molecule has 1 aromatic carbocycles. The minimum Gasteiger partial charge on any atom is -0.394 e. The zero-order valence-corrected chi connectivity index (χ0v) is 18.5. The summed E-state index contributed by atoms with van der Waals surface area (Å²) in [7, 11) is 0. The van der Waals surface area contributed by atoms with Gasteiger partial charge < -0.3 is 25.2 Å². The predicted molar refractivity (Wildman–Crippen MR) is 113 cm³/mol. The van der Waals surface area contributed by atoms with E-state index in [-0.39, 0.29) is 0 Å². The van der Waals surface area contributed by atoms with Gasteiger partial charge in [0, 0.05) is 4.48 Å². The summed E-state index contributed by atoms with van der Waals surface area (Å²) in [5, 5.41) is 39.8. The Hall–Kier alpha value is -1.02. The Labute approximate surface area is 175 Å². The summed E-state index contributed by atoms with van der Waals surface area (Å²) in [6.45, 7) is 7.56. The highest BCUT2D eigenvalue weighted by Gasteiger charge is 2.44. The number of aryl methyl sites for hydroxylation is 1. The van der Waals surface area contributed by atoms with Crippen LogP contribution >= 0.6 is 15.9 Å². The zero-order chi connectivity index (χ0) is 21.0. The summed E-state index contributed by atoms with van der Waals surface area (Å²) in [5.74, 6) is 0. The average molecular weight is 455 g/mol. The largest absolute Gasteiger partial charge is 0.394 e. The maximum Gasteiger partial charge on any atom is 0.113 e. The van der Waals surface area contributed by atoms with Crippen molar-refractivity contribution in [3.63, 3.8) is 0 Å². The van der Waals surface area contributed by atoms with E-state index in [1.165, 1.54) is 16.7 Å². The molecule has 0 aliphatic carbocycles. The minimum atomic E-state index is -1.38. The van der Waals surface area contributed by atoms with Crippen molar-refractivity contribution in [2.45, 2.75) is 71.1 Å². The monoisotopic (exact) mass is 454 g/mol. The number of aliphatic hydroxyl groups is 4. The standard InChI is InChI=1S/C22H31BrO5/c1-5-15-6-8-16(9-7-15)10-12(2)13(3)18(23)14(4)22-21(27)20(26)19(25)17(11-24)28-22/h6-9,17,19-22,24-27H,5,10-11H2,1-4H3/b13-12+,18-14-/t17-,19-,20+,21-,22+/m1/s1. The van der Waals surface area contributed by atoms with Gasteiger partial charge in [-0.25, -0.2) is 0 Å². The van der Waals surface area contributed by atoms with Crippen molar-refractivity contribution in [2.24, 2.45) is 0 Å². The van der Waals surface area contributed by atoms with Gasteiger partial charge in [-0.2, -0.15) is 0 Å². The fourth-order valence-corrected chi connectivity index (χ4v) is 3.96. The van der Waals surface area contributed by atoms with Crippen LogP contribution < -0.4 is 0 Å². The molecule has 2 rings (SSSR count). The molecule has 4 N–H and O–H groups in total. The number of rotatable bonds is 6. The van der Waals surface area contributed by atoms with E-state index in [1.807, 2.05) is 13.8 Å². The Kier molecular flexibility index (Phi) is 8.43. The molecular formula is C22H31BrO5. The molecule has 1 saturated heterocycles. The number of benzene rings is 1. The molecule has 6 heteroatoms. The van der Waals surface area contributed by atoms with E-state index in [2.05, 4.69) is 54.0 Å². The third kappa shape index (κ3) is 5.12. The van der Waals surface area contributed by atoms with E-state index in [0.29, 0.717) is 5.57 Å². The number of hydrogen-bond donors (Lipinski definition) is 4. The van der Waals surface area contributed by atoms with Crippen LogP contribution in [0, 0.1) is 0 Å². The first-order valence-corrected chi connectivity index (χ1v) is 10.4. The van der Waals surface area contributed by atoms with Crippen molar-refractivity contribution in [2.75, 3.05) is 6.61 Å². The Bertz CT molecular complexity index is 723. The van der Waals surface area contributed by atoms with E-state index in [1.54, 1.807) is 0 Å². The maximum absolute atomic E-state index is 10.4. The highest BCUT2D eigenvalue weighted by Crippen LogP contribution is 2.33. The smallest absolute Gasteiger partial charge is 0.113 e. The highest BCUT2D eigenvalue weighted by atomic mass is 79.9. The molecular weight excluding hydrogens is 424 g/mol. The second kappa shape index (κ2) is 10.1. The third-order valence-electron chi connectivity index (χ3n) is 5.54. The van der Waals surface area contributed by atoms with Gasteiger partial charge in [-0.15, -0.1) is 0 Å². The molecule has 0 bridgehead atoms. The van der Waals surface area contributed by atoms with Gasteiger partial charge in [0.05, 0.1) is 6.61 Å². The molecule has 0 radical (unpaired) electrons. The normalized spacial score (nSPS) is 30.0. The molecule has 28 heavy (non-hydrogen) atoms. The molecule has 0 spiro atoms. The summed E-state index contributed by atoms with van der Waals surface area (Å²) in [5.41, 5.74) is 5.42. The van der Waals surface area contributed by atoms with Gasteiger partial charge in [-0.1, -0.05) is 52.7 Å². The van der Waals surface area contributed by atoms with Crippen LogP contribution in [0.25, 0.3) is 0 Å². The lowest BCUT2D eigenvalue weighted by Crippen LogP contribution is -2.58. The first-order valence-electron chi connectivity index (χ1n) is 9.62. The molecule has 156 valence electrons. The molecule has 5 atom stereocenters. The molecule has 1 aliphatic heterocycles. The molecule has 5 nitrogen and oxygen atoms in total. The lowest BCUT2D eigenvalue weighted by atomic mass is 9.90. The van der Waals surface area contributed by atoms with Gasteiger partial charge in [-0.05, 0) is 55.9 Å². The van der Waals surface area contributed by atoms with Crippen LogP contribution in [0.1, 0.15) is 38.8 Å². The van der Waals surface area contributed by atoms with E-state index < -0.39 is 37.1 Å². The minimum absolute atomic E-state index is 0.437. The van der Waals surface area contributed by atoms with Crippen LogP contribution in [0.4, 0.5) is 0 Å². The summed E-state index contributed by atoms with van der Waals surface area (Å²) in [4.78, 5) is 0. The fraction of sp³-hybridized carbons (Fsp3) is 0.545. The van der Waals surface area contributed by atoms with Crippen LogP contribution in [0.3, 0.4) is 0 Å². The van der Waals surface area contributed by atoms with Crippen LogP contribution in [0.15, 0.2) is 45.5 Å². The predicted octanol–water partition coefficient (Wildman–Crippen LogP) is 2.64. The molecule has 1 heterocycles. The second-order valence-corrected chi connectivity index (χ2v) is 8.29. The van der Waals surface area contributed by atoms with Gasteiger partial charge in [-0.3, -0.25) is 0 Å². The summed E-state index contributed by atoms with van der Waals surface area (Å²) >= 11 is 3.61. The number of hydrogen-bond acceptors (Lipinski definition) is 5. The lowest BCUT2D eigenvalue weighted by molar-refractivity contribution is -0.219. The average Bonchev–Trinajstić information content (AvgIpc) is 2.71. The maximum atomic E-state index is 10.4. The van der Waals surface area contributed by atoms with Crippen LogP contribution in [-0.4, -0.2) is 57.6 Å². The first kappa shape index (κ1) is 23.3. The first-order chi connectivity index (χ1) is 13.2. The van der Waals surface area contributed by atoms with Gasteiger partial charge in [0.1, 0.15) is 30.5 Å². The van der Waals surface area contributed by atoms with Gasteiger partial charge in [0.2, 0.25) is 0 Å². The molecule has 0 amide bonds. The van der Waals surface area contributed by atoms with Crippen molar-refractivity contribution in [1.29, 1.82) is 0 Å². The van der Waals surface area contributed by atoms with Crippen molar-refractivity contribution in [3.05, 3.63) is 56.6 Å². The lowest BCUT2D eigenvalue weighted by Gasteiger charge is -2.40. The third-order valence-corrected chi connectivity index (χ3v) is 6.76. The number of allylic oxidation sites excluding steroid dienone is 3. The second-order valence-electron chi connectivity index (χ2n) is 7.50. The van der Waals surface area contributed by atoms with Gasteiger partial charge >= 0.3 is 0 Å². The summed E-state index contributed by atoms with van der Waals surface area (Å²) < 4.78 is 6.46. The molecule has 1 fully saturated rings. The van der Waals surface area contributed by atoms with Crippen molar-refractivity contribution in [1.82, 2.24) is 0 Å². The van der Waals surface area contributed by atoms with E-state index in [9.17, 15) is 20.4 Å². The number of halogens is 1. The Morgan fingerprint density at radius 2 is 1.54 bits per heavy atom. The molecule has 1 aromatic rings. The van der Waals surface area contributed by atoms with Crippen LogP contribution in [-0.2, 0) is 17.6 Å².